The fourth-order valence-electron chi connectivity index (χ4n) is 2.29. The SMILES string of the molecule is Cc1ccc(C2=N/C(=C\c3ccc(N(C)C)cc3)C(=O)O2)cc1Cl. The van der Waals surface area contributed by atoms with Gasteiger partial charge in [0.1, 0.15) is 0 Å². The lowest BCUT2D eigenvalue weighted by atomic mass is 10.1. The van der Waals surface area contributed by atoms with Crippen LogP contribution in [0.1, 0.15) is 16.7 Å². The molecule has 0 fully saturated rings. The summed E-state index contributed by atoms with van der Waals surface area (Å²) in [5.41, 5.74) is 3.90. The molecule has 5 heteroatoms. The number of carbonyl (C=O) groups excluding carboxylic acids is 1. The lowest BCUT2D eigenvalue weighted by Gasteiger charge is -2.11. The maximum atomic E-state index is 12.0. The Bertz CT molecular complexity index is 852. The maximum Gasteiger partial charge on any atom is 0.363 e. The Morgan fingerprint density at radius 3 is 2.46 bits per heavy atom. The summed E-state index contributed by atoms with van der Waals surface area (Å²) in [7, 11) is 3.95. The van der Waals surface area contributed by atoms with Gasteiger partial charge in [-0.2, -0.15) is 0 Å². The highest BCUT2D eigenvalue weighted by Gasteiger charge is 2.24. The molecule has 122 valence electrons. The summed E-state index contributed by atoms with van der Waals surface area (Å²) < 4.78 is 5.26. The van der Waals surface area contributed by atoms with Gasteiger partial charge in [0.15, 0.2) is 5.70 Å². The van der Waals surface area contributed by atoms with E-state index in [-0.39, 0.29) is 11.6 Å². The molecule has 1 aliphatic heterocycles. The summed E-state index contributed by atoms with van der Waals surface area (Å²) in [4.78, 5) is 18.4. The first-order valence-corrected chi connectivity index (χ1v) is 7.88. The molecule has 2 aromatic carbocycles. The van der Waals surface area contributed by atoms with Crippen LogP contribution in [0.3, 0.4) is 0 Å². The molecule has 0 unspecified atom stereocenters. The molecule has 0 bridgehead atoms. The monoisotopic (exact) mass is 340 g/mol. The lowest BCUT2D eigenvalue weighted by molar-refractivity contribution is -0.129. The second-order valence-electron chi connectivity index (χ2n) is 5.79. The van der Waals surface area contributed by atoms with Crippen molar-refractivity contribution in [2.24, 2.45) is 4.99 Å². The van der Waals surface area contributed by atoms with E-state index in [4.69, 9.17) is 16.3 Å². The van der Waals surface area contributed by atoms with Crippen LogP contribution in [0.2, 0.25) is 5.02 Å². The standard InChI is InChI=1S/C19H17ClN2O2/c1-12-4-7-14(11-16(12)20)18-21-17(19(23)24-18)10-13-5-8-15(9-6-13)22(2)3/h4-11H,1-3H3/b17-10-. The number of rotatable bonds is 3. The van der Waals surface area contributed by atoms with Crippen LogP contribution in [-0.4, -0.2) is 26.0 Å². The zero-order chi connectivity index (χ0) is 17.3. The van der Waals surface area contributed by atoms with E-state index < -0.39 is 5.97 Å². The Morgan fingerprint density at radius 1 is 1.12 bits per heavy atom. The summed E-state index contributed by atoms with van der Waals surface area (Å²) >= 11 is 6.12. The molecule has 0 amide bonds. The fraction of sp³-hybridized carbons (Fsp3) is 0.158. The Kier molecular flexibility index (Phi) is 4.40. The zero-order valence-corrected chi connectivity index (χ0v) is 14.5. The minimum absolute atomic E-state index is 0.276. The van der Waals surface area contributed by atoms with Crippen LogP contribution in [0.15, 0.2) is 53.2 Å². The summed E-state index contributed by atoms with van der Waals surface area (Å²) in [5.74, 6) is -0.184. The Hall–Kier alpha value is -2.59. The van der Waals surface area contributed by atoms with E-state index in [1.165, 1.54) is 0 Å². The number of hydrogen-bond donors (Lipinski definition) is 0. The van der Waals surface area contributed by atoms with Crippen molar-refractivity contribution in [2.75, 3.05) is 19.0 Å². The minimum Gasteiger partial charge on any atom is -0.402 e. The van der Waals surface area contributed by atoms with Gasteiger partial charge in [0, 0.05) is 30.4 Å². The Labute approximate surface area is 146 Å². The molecule has 0 radical (unpaired) electrons. The average Bonchev–Trinajstić information content (AvgIpc) is 2.91. The third-order valence-electron chi connectivity index (χ3n) is 3.75. The smallest absolute Gasteiger partial charge is 0.363 e. The molecule has 24 heavy (non-hydrogen) atoms. The van der Waals surface area contributed by atoms with Crippen molar-refractivity contribution >= 4 is 35.2 Å². The van der Waals surface area contributed by atoms with Crippen LogP contribution in [0, 0.1) is 6.92 Å². The second-order valence-corrected chi connectivity index (χ2v) is 6.19. The Balaban J connectivity index is 1.89. The third kappa shape index (κ3) is 3.34. The molecule has 0 saturated heterocycles. The van der Waals surface area contributed by atoms with Crippen LogP contribution >= 0.6 is 11.6 Å². The second kappa shape index (κ2) is 6.49. The predicted octanol–water partition coefficient (Wildman–Crippen LogP) is 4.06. The number of hydrogen-bond acceptors (Lipinski definition) is 4. The normalized spacial score (nSPS) is 15.4. The number of halogens is 1. The Morgan fingerprint density at radius 2 is 1.83 bits per heavy atom. The van der Waals surface area contributed by atoms with E-state index in [2.05, 4.69) is 4.99 Å². The van der Waals surface area contributed by atoms with Crippen molar-refractivity contribution in [3.05, 3.63) is 69.9 Å². The largest absolute Gasteiger partial charge is 0.402 e. The number of nitrogens with zero attached hydrogens (tertiary/aromatic N) is 2. The molecule has 0 N–H and O–H groups in total. The van der Waals surface area contributed by atoms with E-state index in [1.54, 1.807) is 12.1 Å². The molecule has 3 rings (SSSR count). The molecule has 0 saturated carbocycles. The number of ether oxygens (including phenoxy) is 1. The number of aliphatic imine (C=N–C) groups is 1. The van der Waals surface area contributed by atoms with E-state index in [9.17, 15) is 4.79 Å². The third-order valence-corrected chi connectivity index (χ3v) is 4.16. The van der Waals surface area contributed by atoms with Crippen LogP contribution in [0.4, 0.5) is 5.69 Å². The molecule has 1 aliphatic rings. The average molecular weight is 341 g/mol. The van der Waals surface area contributed by atoms with Gasteiger partial charge in [0.25, 0.3) is 0 Å². The first-order valence-electron chi connectivity index (χ1n) is 7.50. The molecule has 0 spiro atoms. The van der Waals surface area contributed by atoms with E-state index >= 15 is 0 Å². The van der Waals surface area contributed by atoms with Crippen molar-refractivity contribution in [1.29, 1.82) is 0 Å². The van der Waals surface area contributed by atoms with Gasteiger partial charge >= 0.3 is 5.97 Å². The van der Waals surface area contributed by atoms with Gasteiger partial charge in [-0.3, -0.25) is 0 Å². The highest BCUT2D eigenvalue weighted by molar-refractivity contribution is 6.31. The van der Waals surface area contributed by atoms with Crippen LogP contribution in [0.25, 0.3) is 6.08 Å². The van der Waals surface area contributed by atoms with Gasteiger partial charge in [-0.25, -0.2) is 9.79 Å². The lowest BCUT2D eigenvalue weighted by Crippen LogP contribution is -2.08. The summed E-state index contributed by atoms with van der Waals surface area (Å²) in [6.45, 7) is 1.91. The van der Waals surface area contributed by atoms with Crippen molar-refractivity contribution < 1.29 is 9.53 Å². The molecule has 4 nitrogen and oxygen atoms in total. The zero-order valence-electron chi connectivity index (χ0n) is 13.7. The maximum absolute atomic E-state index is 12.0. The van der Waals surface area contributed by atoms with Gasteiger partial charge in [0.2, 0.25) is 5.90 Å². The highest BCUT2D eigenvalue weighted by atomic mass is 35.5. The molecule has 2 aromatic rings. The minimum atomic E-state index is -0.460. The topological polar surface area (TPSA) is 41.9 Å². The summed E-state index contributed by atoms with van der Waals surface area (Å²) in [5, 5.41) is 0.614. The van der Waals surface area contributed by atoms with Gasteiger partial charge < -0.3 is 9.64 Å². The number of cyclic esters (lactones) is 1. The van der Waals surface area contributed by atoms with Gasteiger partial charge in [-0.05, 0) is 48.4 Å². The summed E-state index contributed by atoms with van der Waals surface area (Å²) in [6, 6.07) is 13.3. The molecular weight excluding hydrogens is 324 g/mol. The molecule has 0 atom stereocenters. The molecule has 0 aromatic heterocycles. The quantitative estimate of drug-likeness (QED) is 0.625. The van der Waals surface area contributed by atoms with E-state index in [1.807, 2.05) is 62.3 Å². The van der Waals surface area contributed by atoms with Crippen molar-refractivity contribution in [3.8, 4) is 0 Å². The van der Waals surface area contributed by atoms with Crippen molar-refractivity contribution in [2.45, 2.75) is 6.92 Å². The van der Waals surface area contributed by atoms with Crippen LogP contribution < -0.4 is 4.90 Å². The van der Waals surface area contributed by atoms with Gasteiger partial charge in [-0.1, -0.05) is 29.8 Å². The summed E-state index contributed by atoms with van der Waals surface area (Å²) in [6.07, 6.45) is 1.71. The molecule has 0 aliphatic carbocycles. The van der Waals surface area contributed by atoms with Crippen molar-refractivity contribution in [3.63, 3.8) is 0 Å². The number of carbonyl (C=O) groups is 1. The van der Waals surface area contributed by atoms with Gasteiger partial charge in [-0.15, -0.1) is 0 Å². The van der Waals surface area contributed by atoms with Crippen molar-refractivity contribution in [1.82, 2.24) is 0 Å². The first-order chi connectivity index (χ1) is 11.4. The number of esters is 1. The van der Waals surface area contributed by atoms with Crippen LogP contribution in [-0.2, 0) is 9.53 Å². The first kappa shape index (κ1) is 16.3. The van der Waals surface area contributed by atoms with Gasteiger partial charge in [0.05, 0.1) is 0 Å². The number of benzene rings is 2. The fourth-order valence-corrected chi connectivity index (χ4v) is 2.47. The van der Waals surface area contributed by atoms with Crippen LogP contribution in [0.5, 0.6) is 0 Å². The number of aryl methyl sites for hydroxylation is 1. The predicted molar refractivity (Wildman–Crippen MR) is 97.6 cm³/mol. The molecule has 1 heterocycles. The van der Waals surface area contributed by atoms with E-state index in [0.29, 0.717) is 10.6 Å². The molecular formula is C19H17ClN2O2. The number of anilines is 1. The van der Waals surface area contributed by atoms with E-state index in [0.717, 1.165) is 16.8 Å². The highest BCUT2D eigenvalue weighted by Crippen LogP contribution is 2.23.